The Morgan fingerprint density at radius 2 is 1.79 bits per heavy atom. The number of hydrogen-bond donors (Lipinski definition) is 0. The molecule has 0 bridgehead atoms. The molecule has 0 saturated carbocycles. The molecule has 77 valence electrons. The van der Waals surface area contributed by atoms with Crippen molar-refractivity contribution in [2.75, 3.05) is 0 Å². The van der Waals surface area contributed by atoms with Gasteiger partial charge in [-0.15, -0.1) is 0 Å². The number of hydrogen-bond acceptors (Lipinski definition) is 0. The monoisotopic (exact) mass is 189 g/mol. The minimum atomic E-state index is 0.412. The highest BCUT2D eigenvalue weighted by atomic mass is 14.2. The molecule has 0 heteroatoms. The van der Waals surface area contributed by atoms with E-state index in [0.717, 1.165) is 5.92 Å². The fraction of sp³-hybridized carbons (Fsp3) is 0.571. The van der Waals surface area contributed by atoms with Crippen LogP contribution in [-0.2, 0) is 6.42 Å². The van der Waals surface area contributed by atoms with Crippen molar-refractivity contribution in [3.63, 3.8) is 0 Å². The number of benzene rings is 1. The third kappa shape index (κ3) is 3.95. The van der Waals surface area contributed by atoms with E-state index < -0.39 is 0 Å². The molecule has 0 heterocycles. The van der Waals surface area contributed by atoms with Crippen LogP contribution in [0.1, 0.15) is 39.7 Å². The Morgan fingerprint density at radius 1 is 1.21 bits per heavy atom. The zero-order valence-electron chi connectivity index (χ0n) is 9.80. The predicted molar refractivity (Wildman–Crippen MR) is 62.2 cm³/mol. The lowest BCUT2D eigenvalue weighted by molar-refractivity contribution is 0.285. The Labute approximate surface area is 88.4 Å². The Kier molecular flexibility index (Phi) is 3.74. The summed E-state index contributed by atoms with van der Waals surface area (Å²) in [6.45, 7) is 9.29. The van der Waals surface area contributed by atoms with Gasteiger partial charge < -0.3 is 0 Å². The fourth-order valence-corrected chi connectivity index (χ4v) is 2.27. The summed E-state index contributed by atoms with van der Waals surface area (Å²) in [5.41, 5.74) is 1.84. The fourth-order valence-electron chi connectivity index (χ4n) is 2.27. The van der Waals surface area contributed by atoms with Gasteiger partial charge in [0.15, 0.2) is 0 Å². The van der Waals surface area contributed by atoms with E-state index in [1.54, 1.807) is 0 Å². The molecule has 0 aromatic heterocycles. The second-order valence-corrected chi connectivity index (χ2v) is 5.35. The molecule has 0 atom stereocenters. The molecular weight excluding hydrogens is 168 g/mol. The Morgan fingerprint density at radius 3 is 2.29 bits per heavy atom. The van der Waals surface area contributed by atoms with Crippen molar-refractivity contribution in [2.24, 2.45) is 11.3 Å². The summed E-state index contributed by atoms with van der Waals surface area (Å²) in [5, 5.41) is 0. The van der Waals surface area contributed by atoms with Gasteiger partial charge in [-0.2, -0.15) is 0 Å². The largest absolute Gasteiger partial charge is 0.0628 e. The Bertz CT molecular complexity index is 257. The van der Waals surface area contributed by atoms with E-state index in [-0.39, 0.29) is 0 Å². The van der Waals surface area contributed by atoms with Crippen molar-refractivity contribution < 1.29 is 0 Å². The zero-order valence-corrected chi connectivity index (χ0v) is 9.80. The predicted octanol–water partition coefficient (Wildman–Crippen LogP) is 4.10. The molecule has 1 aromatic carbocycles. The van der Waals surface area contributed by atoms with Crippen LogP contribution >= 0.6 is 0 Å². The molecule has 1 aromatic rings. The summed E-state index contributed by atoms with van der Waals surface area (Å²) in [5.74, 6) is 0.778. The van der Waals surface area contributed by atoms with Gasteiger partial charge in [-0.1, -0.05) is 52.0 Å². The molecule has 0 aliphatic heterocycles. The molecular formula is C14H21. The van der Waals surface area contributed by atoms with Gasteiger partial charge in [-0.3, -0.25) is 0 Å². The van der Waals surface area contributed by atoms with Crippen molar-refractivity contribution in [1.82, 2.24) is 0 Å². The maximum absolute atomic E-state index is 3.06. The normalized spacial score (nSPS) is 12.1. The average molecular weight is 189 g/mol. The van der Waals surface area contributed by atoms with Crippen molar-refractivity contribution in [2.45, 2.75) is 40.5 Å². The summed E-state index contributed by atoms with van der Waals surface area (Å²) in [6.07, 6.45) is 2.45. The van der Waals surface area contributed by atoms with Crippen molar-refractivity contribution in [1.29, 1.82) is 0 Å². The molecule has 0 spiro atoms. The Balaban J connectivity index is 2.59. The van der Waals surface area contributed by atoms with Crippen LogP contribution in [0.2, 0.25) is 0 Å². The zero-order chi connectivity index (χ0) is 10.6. The van der Waals surface area contributed by atoms with Gasteiger partial charge in [0, 0.05) is 0 Å². The molecule has 1 radical (unpaired) electrons. The van der Waals surface area contributed by atoms with E-state index in [9.17, 15) is 0 Å². The minimum absolute atomic E-state index is 0.412. The van der Waals surface area contributed by atoms with Gasteiger partial charge in [0.1, 0.15) is 0 Å². The summed E-state index contributed by atoms with van der Waals surface area (Å²) in [7, 11) is 0. The first kappa shape index (κ1) is 11.3. The molecule has 0 unspecified atom stereocenters. The molecule has 0 aliphatic rings. The van der Waals surface area contributed by atoms with Crippen LogP contribution in [0.15, 0.2) is 24.3 Å². The van der Waals surface area contributed by atoms with Gasteiger partial charge in [-0.25, -0.2) is 0 Å². The van der Waals surface area contributed by atoms with Crippen LogP contribution in [0.4, 0.5) is 0 Å². The van der Waals surface area contributed by atoms with E-state index in [4.69, 9.17) is 0 Å². The third-order valence-electron chi connectivity index (χ3n) is 2.43. The van der Waals surface area contributed by atoms with E-state index in [1.807, 2.05) is 12.1 Å². The first-order valence-electron chi connectivity index (χ1n) is 5.44. The minimum Gasteiger partial charge on any atom is -0.0628 e. The highest BCUT2D eigenvalue weighted by Crippen LogP contribution is 2.29. The molecule has 0 saturated heterocycles. The summed E-state index contributed by atoms with van der Waals surface area (Å²) in [6, 6.07) is 11.4. The van der Waals surface area contributed by atoms with Crippen molar-refractivity contribution in [3.05, 3.63) is 35.9 Å². The van der Waals surface area contributed by atoms with Gasteiger partial charge >= 0.3 is 0 Å². The van der Waals surface area contributed by atoms with Crippen molar-refractivity contribution >= 4 is 0 Å². The first-order valence-corrected chi connectivity index (χ1v) is 5.44. The SMILES string of the molecule is CC(C)CC(C)(C)Cc1cc[c]cc1. The van der Waals surface area contributed by atoms with Crippen LogP contribution in [0.5, 0.6) is 0 Å². The molecule has 0 fully saturated rings. The molecule has 14 heavy (non-hydrogen) atoms. The lowest BCUT2D eigenvalue weighted by Crippen LogP contribution is -2.17. The van der Waals surface area contributed by atoms with Gasteiger partial charge in [0.05, 0.1) is 0 Å². The second-order valence-electron chi connectivity index (χ2n) is 5.35. The van der Waals surface area contributed by atoms with E-state index >= 15 is 0 Å². The lowest BCUT2D eigenvalue weighted by Gasteiger charge is -2.26. The van der Waals surface area contributed by atoms with Crippen molar-refractivity contribution in [3.8, 4) is 0 Å². The van der Waals surface area contributed by atoms with Crippen LogP contribution in [-0.4, -0.2) is 0 Å². The molecule has 0 aliphatic carbocycles. The highest BCUT2D eigenvalue weighted by molar-refractivity contribution is 5.15. The van der Waals surface area contributed by atoms with Crippen LogP contribution in [0, 0.1) is 17.4 Å². The summed E-state index contributed by atoms with van der Waals surface area (Å²) in [4.78, 5) is 0. The van der Waals surface area contributed by atoms with Crippen LogP contribution < -0.4 is 0 Å². The summed E-state index contributed by atoms with van der Waals surface area (Å²) >= 11 is 0. The standard InChI is InChI=1S/C14H21/c1-12(2)10-14(3,4)11-13-8-6-5-7-9-13/h6-9,12H,10-11H2,1-4H3. The molecule has 0 nitrogen and oxygen atoms in total. The third-order valence-corrected chi connectivity index (χ3v) is 2.43. The average Bonchev–Trinajstić information content (AvgIpc) is 2.02. The molecule has 1 rings (SSSR count). The maximum Gasteiger partial charge on any atom is -0.0184 e. The first-order chi connectivity index (χ1) is 6.49. The highest BCUT2D eigenvalue weighted by Gasteiger charge is 2.19. The topological polar surface area (TPSA) is 0 Å². The van der Waals surface area contributed by atoms with E-state index in [0.29, 0.717) is 5.41 Å². The van der Waals surface area contributed by atoms with Crippen LogP contribution in [0.3, 0.4) is 0 Å². The maximum atomic E-state index is 3.06. The second kappa shape index (κ2) is 4.63. The number of rotatable bonds is 4. The van der Waals surface area contributed by atoms with Gasteiger partial charge in [0.2, 0.25) is 0 Å². The van der Waals surface area contributed by atoms with Gasteiger partial charge in [0.25, 0.3) is 0 Å². The smallest absolute Gasteiger partial charge is 0.0184 e. The molecule has 0 amide bonds. The summed E-state index contributed by atoms with van der Waals surface area (Å²) < 4.78 is 0. The quantitative estimate of drug-likeness (QED) is 0.669. The Hall–Kier alpha value is -0.780. The van der Waals surface area contributed by atoms with E-state index in [1.165, 1.54) is 18.4 Å². The lowest BCUT2D eigenvalue weighted by atomic mass is 9.79. The van der Waals surface area contributed by atoms with Gasteiger partial charge in [-0.05, 0) is 35.8 Å². The molecule has 0 N–H and O–H groups in total. The van der Waals surface area contributed by atoms with Crippen LogP contribution in [0.25, 0.3) is 0 Å². The van der Waals surface area contributed by atoms with E-state index in [2.05, 4.69) is 45.9 Å².